The lowest BCUT2D eigenvalue weighted by atomic mass is 9.75. The molecule has 1 aliphatic rings. The van der Waals surface area contributed by atoms with Crippen LogP contribution in [0.1, 0.15) is 45.1 Å². The molecule has 0 radical (unpaired) electrons. The lowest BCUT2D eigenvalue weighted by Gasteiger charge is -2.30. The van der Waals surface area contributed by atoms with E-state index in [1.165, 1.54) is 12.8 Å². The van der Waals surface area contributed by atoms with Crippen LogP contribution < -0.4 is 0 Å². The van der Waals surface area contributed by atoms with E-state index in [0.29, 0.717) is 17.2 Å². The topological polar surface area (TPSA) is 17.1 Å². The van der Waals surface area contributed by atoms with Gasteiger partial charge in [0.25, 0.3) is 0 Å². The van der Waals surface area contributed by atoms with E-state index >= 15 is 0 Å². The Balaban J connectivity index is 1.90. The normalized spacial score (nSPS) is 23.6. The van der Waals surface area contributed by atoms with Gasteiger partial charge in [-0.3, -0.25) is 4.79 Å². The third-order valence-electron chi connectivity index (χ3n) is 4.49. The van der Waals surface area contributed by atoms with Crippen molar-refractivity contribution in [3.63, 3.8) is 0 Å². The van der Waals surface area contributed by atoms with E-state index in [0.717, 1.165) is 30.2 Å². The molecule has 0 aliphatic heterocycles. The van der Waals surface area contributed by atoms with Crippen molar-refractivity contribution in [3.8, 4) is 0 Å². The van der Waals surface area contributed by atoms with Crippen molar-refractivity contribution in [1.82, 2.24) is 0 Å². The summed E-state index contributed by atoms with van der Waals surface area (Å²) in [5.41, 5.74) is 0.972. The maximum absolute atomic E-state index is 12.3. The van der Waals surface area contributed by atoms with Gasteiger partial charge in [-0.15, -0.1) is 0 Å². The molecule has 0 amide bonds. The van der Waals surface area contributed by atoms with Crippen LogP contribution in [0.4, 0.5) is 0 Å². The highest BCUT2D eigenvalue weighted by Crippen LogP contribution is 2.34. The lowest BCUT2D eigenvalue weighted by molar-refractivity contribution is -0.123. The average molecular weight is 279 g/mol. The Labute approximate surface area is 121 Å². The third-order valence-corrected chi connectivity index (χ3v) is 4.86. The summed E-state index contributed by atoms with van der Waals surface area (Å²) < 4.78 is 0. The molecule has 1 saturated carbocycles. The molecule has 1 fully saturated rings. The Morgan fingerprint density at radius 1 is 1.21 bits per heavy atom. The second-order valence-electron chi connectivity index (χ2n) is 6.09. The maximum atomic E-state index is 12.3. The van der Waals surface area contributed by atoms with Gasteiger partial charge in [-0.25, -0.2) is 0 Å². The predicted molar refractivity (Wildman–Crippen MR) is 80.4 cm³/mol. The minimum atomic E-state index is 0.256. The largest absolute Gasteiger partial charge is 0.299 e. The minimum Gasteiger partial charge on any atom is -0.299 e. The summed E-state index contributed by atoms with van der Waals surface area (Å²) in [6.07, 6.45) is 5.03. The number of rotatable bonds is 4. The van der Waals surface area contributed by atoms with Gasteiger partial charge in [0.1, 0.15) is 5.78 Å². The highest BCUT2D eigenvalue weighted by molar-refractivity contribution is 6.31. The first-order valence-electron chi connectivity index (χ1n) is 7.34. The van der Waals surface area contributed by atoms with E-state index in [-0.39, 0.29) is 5.92 Å². The molecular formula is C17H23ClO. The minimum absolute atomic E-state index is 0.256. The van der Waals surface area contributed by atoms with Gasteiger partial charge in [-0.1, -0.05) is 43.6 Å². The highest BCUT2D eigenvalue weighted by atomic mass is 35.5. The van der Waals surface area contributed by atoms with Crippen LogP contribution in [0, 0.1) is 17.8 Å². The molecule has 19 heavy (non-hydrogen) atoms. The fourth-order valence-electron chi connectivity index (χ4n) is 3.08. The Morgan fingerprint density at radius 3 is 2.42 bits per heavy atom. The first-order chi connectivity index (χ1) is 9.08. The number of Topliss-reactive ketones (excluding diaryl/α,β-unsaturated/α-hetero) is 1. The lowest BCUT2D eigenvalue weighted by Crippen LogP contribution is -2.25. The number of ketones is 1. The van der Waals surface area contributed by atoms with Crippen molar-refractivity contribution in [2.45, 2.75) is 46.0 Å². The highest BCUT2D eigenvalue weighted by Gasteiger charge is 2.27. The summed E-state index contributed by atoms with van der Waals surface area (Å²) in [6.45, 7) is 4.58. The van der Waals surface area contributed by atoms with Crippen LogP contribution in [0.15, 0.2) is 24.3 Å². The van der Waals surface area contributed by atoms with E-state index in [1.54, 1.807) is 0 Å². The standard InChI is InChI=1S/C17H23ClO/c1-12(2)13-7-9-14(10-8-13)17(19)11-15-5-3-4-6-16(15)18/h3-6,12-14H,7-11H2,1-2H3. The molecule has 0 bridgehead atoms. The van der Waals surface area contributed by atoms with Gasteiger partial charge in [0.2, 0.25) is 0 Å². The molecule has 1 nitrogen and oxygen atoms in total. The SMILES string of the molecule is CC(C)C1CCC(C(=O)Cc2ccccc2Cl)CC1. The van der Waals surface area contributed by atoms with E-state index in [1.807, 2.05) is 24.3 Å². The molecular weight excluding hydrogens is 256 g/mol. The number of hydrogen-bond acceptors (Lipinski definition) is 1. The molecule has 1 aromatic carbocycles. The van der Waals surface area contributed by atoms with Crippen LogP contribution in [-0.4, -0.2) is 5.78 Å². The molecule has 104 valence electrons. The molecule has 0 saturated heterocycles. The Kier molecular flexibility index (Phi) is 5.04. The molecule has 0 aromatic heterocycles. The van der Waals surface area contributed by atoms with Crippen molar-refractivity contribution >= 4 is 17.4 Å². The van der Waals surface area contributed by atoms with Gasteiger partial charge < -0.3 is 0 Å². The van der Waals surface area contributed by atoms with E-state index < -0.39 is 0 Å². The summed E-state index contributed by atoms with van der Waals surface area (Å²) >= 11 is 6.12. The summed E-state index contributed by atoms with van der Waals surface area (Å²) in [5.74, 6) is 2.19. The zero-order valence-electron chi connectivity index (χ0n) is 11.9. The first-order valence-corrected chi connectivity index (χ1v) is 7.72. The summed E-state index contributed by atoms with van der Waals surface area (Å²) in [7, 11) is 0. The Hall–Kier alpha value is -0.820. The van der Waals surface area contributed by atoms with E-state index in [9.17, 15) is 4.79 Å². The summed E-state index contributed by atoms with van der Waals surface area (Å²) in [5, 5.41) is 0.715. The monoisotopic (exact) mass is 278 g/mol. The fraction of sp³-hybridized carbons (Fsp3) is 0.588. The van der Waals surface area contributed by atoms with Crippen molar-refractivity contribution in [2.24, 2.45) is 17.8 Å². The molecule has 0 spiro atoms. The Morgan fingerprint density at radius 2 is 1.84 bits per heavy atom. The second-order valence-corrected chi connectivity index (χ2v) is 6.50. The molecule has 0 heterocycles. The Bertz CT molecular complexity index is 431. The maximum Gasteiger partial charge on any atom is 0.140 e. The van der Waals surface area contributed by atoms with Crippen LogP contribution in [0.25, 0.3) is 0 Å². The zero-order chi connectivity index (χ0) is 13.8. The summed E-state index contributed by atoms with van der Waals surface area (Å²) in [6, 6.07) is 7.67. The summed E-state index contributed by atoms with van der Waals surface area (Å²) in [4.78, 5) is 12.3. The molecule has 2 rings (SSSR count). The molecule has 0 unspecified atom stereocenters. The van der Waals surface area contributed by atoms with Gasteiger partial charge in [0.15, 0.2) is 0 Å². The van der Waals surface area contributed by atoms with Crippen molar-refractivity contribution in [1.29, 1.82) is 0 Å². The predicted octanol–water partition coefficient (Wildman–Crippen LogP) is 4.91. The smallest absolute Gasteiger partial charge is 0.140 e. The fourth-order valence-corrected chi connectivity index (χ4v) is 3.28. The third kappa shape index (κ3) is 3.82. The van der Waals surface area contributed by atoms with Crippen molar-refractivity contribution in [3.05, 3.63) is 34.9 Å². The van der Waals surface area contributed by atoms with Crippen LogP contribution in [-0.2, 0) is 11.2 Å². The number of halogens is 1. The molecule has 1 aromatic rings. The van der Waals surface area contributed by atoms with E-state index in [4.69, 9.17) is 11.6 Å². The molecule has 1 aliphatic carbocycles. The van der Waals surface area contributed by atoms with Gasteiger partial charge in [0, 0.05) is 17.4 Å². The van der Waals surface area contributed by atoms with Gasteiger partial charge in [-0.2, -0.15) is 0 Å². The number of carbonyl (C=O) groups excluding carboxylic acids is 1. The molecule has 0 atom stereocenters. The average Bonchev–Trinajstić information content (AvgIpc) is 2.41. The number of carbonyl (C=O) groups is 1. The first kappa shape index (κ1) is 14.6. The molecule has 2 heteroatoms. The van der Waals surface area contributed by atoms with Gasteiger partial charge in [-0.05, 0) is 49.1 Å². The number of benzene rings is 1. The van der Waals surface area contributed by atoms with Crippen LogP contribution in [0.3, 0.4) is 0 Å². The second kappa shape index (κ2) is 6.56. The van der Waals surface area contributed by atoms with Crippen molar-refractivity contribution in [2.75, 3.05) is 0 Å². The van der Waals surface area contributed by atoms with Crippen LogP contribution in [0.5, 0.6) is 0 Å². The van der Waals surface area contributed by atoms with Gasteiger partial charge in [0.05, 0.1) is 0 Å². The zero-order valence-corrected chi connectivity index (χ0v) is 12.6. The quantitative estimate of drug-likeness (QED) is 0.764. The molecule has 0 N–H and O–H groups in total. The van der Waals surface area contributed by atoms with Crippen LogP contribution in [0.2, 0.25) is 5.02 Å². The van der Waals surface area contributed by atoms with Gasteiger partial charge >= 0.3 is 0 Å². The van der Waals surface area contributed by atoms with E-state index in [2.05, 4.69) is 13.8 Å². The van der Waals surface area contributed by atoms with Crippen molar-refractivity contribution < 1.29 is 4.79 Å². The van der Waals surface area contributed by atoms with Crippen LogP contribution >= 0.6 is 11.6 Å². The number of hydrogen-bond donors (Lipinski definition) is 0.